The summed E-state index contributed by atoms with van der Waals surface area (Å²) in [5.74, 6) is 0.699. The number of non-ortho nitro benzene ring substituents is 1. The fourth-order valence-electron chi connectivity index (χ4n) is 1.93. The Labute approximate surface area is 166 Å². The van der Waals surface area contributed by atoms with Crippen molar-refractivity contribution in [2.24, 2.45) is 0 Å². The van der Waals surface area contributed by atoms with Crippen molar-refractivity contribution >= 4 is 56.2 Å². The second kappa shape index (κ2) is 10.6. The summed E-state index contributed by atoms with van der Waals surface area (Å²) in [6.07, 6.45) is 3.16. The molecule has 0 spiro atoms. The van der Waals surface area contributed by atoms with Crippen LogP contribution in [0.25, 0.3) is 0 Å². The molecule has 0 radical (unpaired) electrons. The van der Waals surface area contributed by atoms with Gasteiger partial charge in [0.25, 0.3) is 5.69 Å². The molecule has 142 valence electrons. The number of nitro benzene ring substituents is 1. The van der Waals surface area contributed by atoms with Gasteiger partial charge in [0.2, 0.25) is 0 Å². The number of rotatable bonds is 5. The highest BCUT2D eigenvalue weighted by Gasteiger charge is 2.10. The highest BCUT2D eigenvalue weighted by Crippen LogP contribution is 2.23. The van der Waals surface area contributed by atoms with E-state index in [4.69, 9.17) is 28.9 Å². The van der Waals surface area contributed by atoms with Crippen LogP contribution in [0.15, 0.2) is 36.4 Å². The van der Waals surface area contributed by atoms with E-state index in [0.717, 1.165) is 5.56 Å². The lowest BCUT2D eigenvalue weighted by atomic mass is 10.2. The quantitative estimate of drug-likeness (QED) is 0.434. The molecule has 2 atom stereocenters. The summed E-state index contributed by atoms with van der Waals surface area (Å²) < 4.78 is 21.8. The molecule has 6 nitrogen and oxygen atoms in total. The summed E-state index contributed by atoms with van der Waals surface area (Å²) in [5, 5.41) is 11.5. The average molecular weight is 437 g/mol. The molecule has 2 aromatic rings. The largest absolute Gasteiger partial charge is 0.399 e. The molecule has 2 unspecified atom stereocenters. The Kier molecular flexibility index (Phi) is 9.21. The van der Waals surface area contributed by atoms with Gasteiger partial charge in [-0.2, -0.15) is 0 Å². The maximum Gasteiger partial charge on any atom is 0.269 e. The Balaban J connectivity index is 0.000000263. The molecule has 0 aliphatic rings. The monoisotopic (exact) mass is 436 g/mol. The number of anilines is 1. The standard InChI is InChI=1S/C8H8ClNO3S.C8H10ClNOS/c1-14(13)5-6-4-7(10(11)12)2-3-8(6)9;1-12(11)5-6-4-7(10)2-3-8(6)9/h2-4H,5H2,1H3;2-4H,5,10H2,1H3. The molecule has 0 amide bonds. The number of halogens is 2. The zero-order valence-electron chi connectivity index (χ0n) is 14.1. The van der Waals surface area contributed by atoms with E-state index >= 15 is 0 Å². The van der Waals surface area contributed by atoms with Crippen LogP contribution in [0.3, 0.4) is 0 Å². The van der Waals surface area contributed by atoms with E-state index in [1.165, 1.54) is 24.5 Å². The molecular weight excluding hydrogens is 419 g/mol. The van der Waals surface area contributed by atoms with Crippen molar-refractivity contribution in [3.8, 4) is 0 Å². The highest BCUT2D eigenvalue weighted by atomic mass is 35.5. The van der Waals surface area contributed by atoms with Crippen LogP contribution in [0.2, 0.25) is 10.0 Å². The van der Waals surface area contributed by atoms with Crippen molar-refractivity contribution in [2.45, 2.75) is 11.5 Å². The topological polar surface area (TPSA) is 103 Å². The second-order valence-corrected chi connectivity index (χ2v) is 9.00. The molecule has 10 heteroatoms. The predicted molar refractivity (Wildman–Crippen MR) is 110 cm³/mol. The number of nitrogen functional groups attached to an aromatic ring is 1. The van der Waals surface area contributed by atoms with Gasteiger partial charge < -0.3 is 5.73 Å². The van der Waals surface area contributed by atoms with Crippen molar-refractivity contribution < 1.29 is 13.3 Å². The molecule has 2 N–H and O–H groups in total. The Morgan fingerprint density at radius 1 is 0.962 bits per heavy atom. The normalized spacial score (nSPS) is 12.6. The van der Waals surface area contributed by atoms with Gasteiger partial charge in [-0.05, 0) is 35.4 Å². The van der Waals surface area contributed by atoms with Crippen LogP contribution in [-0.4, -0.2) is 25.9 Å². The minimum atomic E-state index is -1.06. The Morgan fingerprint density at radius 2 is 1.42 bits per heavy atom. The molecule has 2 rings (SSSR count). The first-order valence-electron chi connectivity index (χ1n) is 7.17. The van der Waals surface area contributed by atoms with Gasteiger partial charge in [0.05, 0.1) is 4.92 Å². The van der Waals surface area contributed by atoms with Crippen LogP contribution in [0.4, 0.5) is 11.4 Å². The lowest BCUT2D eigenvalue weighted by molar-refractivity contribution is -0.384. The lowest BCUT2D eigenvalue weighted by Crippen LogP contribution is -1.95. The third kappa shape index (κ3) is 7.82. The van der Waals surface area contributed by atoms with Gasteiger partial charge >= 0.3 is 0 Å². The molecule has 0 saturated carbocycles. The van der Waals surface area contributed by atoms with Gasteiger partial charge in [0, 0.05) is 73.5 Å². The molecule has 0 aliphatic carbocycles. The van der Waals surface area contributed by atoms with E-state index in [1.807, 2.05) is 0 Å². The molecule has 0 saturated heterocycles. The summed E-state index contributed by atoms with van der Waals surface area (Å²) in [6.45, 7) is 0. The first kappa shape index (κ1) is 22.6. The maximum absolute atomic E-state index is 10.9. The molecule has 0 heterocycles. The van der Waals surface area contributed by atoms with Crippen LogP contribution in [0.1, 0.15) is 11.1 Å². The third-order valence-corrected chi connectivity index (χ3v) is 5.20. The maximum atomic E-state index is 10.9. The van der Waals surface area contributed by atoms with Crippen molar-refractivity contribution in [1.29, 1.82) is 0 Å². The Hall–Kier alpha value is -1.48. The van der Waals surface area contributed by atoms with Crippen molar-refractivity contribution in [1.82, 2.24) is 0 Å². The first-order valence-corrected chi connectivity index (χ1v) is 11.4. The third-order valence-electron chi connectivity index (χ3n) is 3.03. The SMILES string of the molecule is CS(=O)Cc1cc(N)ccc1Cl.CS(=O)Cc1cc([N+](=O)[O-])ccc1Cl. The number of hydrogen-bond acceptors (Lipinski definition) is 5. The summed E-state index contributed by atoms with van der Waals surface area (Å²) in [5.41, 5.74) is 7.55. The van der Waals surface area contributed by atoms with Crippen molar-refractivity contribution in [3.05, 3.63) is 67.7 Å². The van der Waals surface area contributed by atoms with Gasteiger partial charge in [0.1, 0.15) is 0 Å². The molecule has 0 bridgehead atoms. The summed E-state index contributed by atoms with van der Waals surface area (Å²) in [7, 11) is -1.93. The number of benzene rings is 2. The number of nitro groups is 1. The summed E-state index contributed by atoms with van der Waals surface area (Å²) in [6, 6.07) is 9.32. The fourth-order valence-corrected chi connectivity index (χ4v) is 3.81. The van der Waals surface area contributed by atoms with Gasteiger partial charge in [-0.25, -0.2) is 0 Å². The molecule has 0 aromatic heterocycles. The van der Waals surface area contributed by atoms with E-state index in [-0.39, 0.29) is 11.4 Å². The van der Waals surface area contributed by atoms with Crippen LogP contribution in [0, 0.1) is 10.1 Å². The second-order valence-electron chi connectivity index (χ2n) is 5.32. The van der Waals surface area contributed by atoms with E-state index < -0.39 is 26.5 Å². The van der Waals surface area contributed by atoms with Gasteiger partial charge in [-0.3, -0.25) is 18.5 Å². The van der Waals surface area contributed by atoms with Crippen LogP contribution in [-0.2, 0) is 33.1 Å². The fraction of sp³-hybridized carbons (Fsp3) is 0.250. The number of hydrogen-bond donors (Lipinski definition) is 1. The zero-order chi connectivity index (χ0) is 19.9. The van der Waals surface area contributed by atoms with Crippen molar-refractivity contribution in [3.63, 3.8) is 0 Å². The minimum absolute atomic E-state index is 0.0325. The van der Waals surface area contributed by atoms with Crippen LogP contribution in [0.5, 0.6) is 0 Å². The smallest absolute Gasteiger partial charge is 0.269 e. The zero-order valence-corrected chi connectivity index (χ0v) is 17.3. The van der Waals surface area contributed by atoms with Crippen LogP contribution < -0.4 is 5.73 Å². The average Bonchev–Trinajstić information content (AvgIpc) is 2.52. The van der Waals surface area contributed by atoms with E-state index in [9.17, 15) is 18.5 Å². The summed E-state index contributed by atoms with van der Waals surface area (Å²) in [4.78, 5) is 9.94. The van der Waals surface area contributed by atoms with Gasteiger partial charge in [-0.1, -0.05) is 23.2 Å². The van der Waals surface area contributed by atoms with Gasteiger partial charge in [0.15, 0.2) is 0 Å². The number of nitrogens with zero attached hydrogens (tertiary/aromatic N) is 1. The highest BCUT2D eigenvalue weighted by molar-refractivity contribution is 7.83. The van der Waals surface area contributed by atoms with Crippen molar-refractivity contribution in [2.75, 3.05) is 18.2 Å². The predicted octanol–water partition coefficient (Wildman–Crippen LogP) is 3.93. The molecular formula is C16H18Cl2N2O4S2. The number of nitrogens with two attached hydrogens (primary N) is 1. The molecule has 0 fully saturated rings. The van der Waals surface area contributed by atoms with E-state index in [0.29, 0.717) is 27.0 Å². The lowest BCUT2D eigenvalue weighted by Gasteiger charge is -2.02. The molecule has 2 aromatic carbocycles. The molecule has 26 heavy (non-hydrogen) atoms. The van der Waals surface area contributed by atoms with E-state index in [2.05, 4.69) is 0 Å². The Morgan fingerprint density at radius 3 is 1.88 bits per heavy atom. The first-order chi connectivity index (χ1) is 12.1. The van der Waals surface area contributed by atoms with Crippen LogP contribution >= 0.6 is 23.2 Å². The minimum Gasteiger partial charge on any atom is -0.399 e. The molecule has 0 aliphatic heterocycles. The van der Waals surface area contributed by atoms with Gasteiger partial charge in [-0.15, -0.1) is 0 Å². The van der Waals surface area contributed by atoms with E-state index in [1.54, 1.807) is 24.5 Å². The Bertz CT molecular complexity index is 847. The summed E-state index contributed by atoms with van der Waals surface area (Å²) >= 11 is 11.6.